The van der Waals surface area contributed by atoms with Gasteiger partial charge in [0, 0.05) is 61.0 Å². The molecule has 0 aromatic carbocycles. The maximum absolute atomic E-state index is 14.0. The van der Waals surface area contributed by atoms with Crippen molar-refractivity contribution in [3.8, 4) is 0 Å². The SMILES string of the molecule is CN[C@@H](CCC(=O)N(CCOCCOCCOCCOC)CC(=O)NNCCOCCOCCOCCOC)C(=O)N(CCOCCOCCOCCOC)CC(=O)NNCCOCCOCCOCCOC. The van der Waals surface area contributed by atoms with Crippen LogP contribution >= 0.6 is 0 Å². The van der Waals surface area contributed by atoms with E-state index in [1.807, 2.05) is 0 Å². The lowest BCUT2D eigenvalue weighted by molar-refractivity contribution is -0.140. The molecule has 432 valence electrons. The van der Waals surface area contributed by atoms with E-state index < -0.39 is 23.8 Å². The zero-order chi connectivity index (χ0) is 53.3. The van der Waals surface area contributed by atoms with Crippen molar-refractivity contribution in [1.82, 2.24) is 36.8 Å². The third-order valence-electron chi connectivity index (χ3n) is 9.54. The first kappa shape index (κ1) is 70.1. The van der Waals surface area contributed by atoms with Crippen molar-refractivity contribution in [3.63, 3.8) is 0 Å². The van der Waals surface area contributed by atoms with E-state index >= 15 is 0 Å². The van der Waals surface area contributed by atoms with Gasteiger partial charge in [-0.05, 0) is 13.5 Å². The lowest BCUT2D eigenvalue weighted by atomic mass is 10.1. The van der Waals surface area contributed by atoms with Gasteiger partial charge >= 0.3 is 0 Å². The predicted octanol–water partition coefficient (Wildman–Crippen LogP) is -2.96. The smallest absolute Gasteiger partial charge is 0.253 e. The summed E-state index contributed by atoms with van der Waals surface area (Å²) in [4.78, 5) is 56.6. The number of likely N-dealkylation sites (N-methyl/N-ethyl adjacent to an activating group) is 1. The molecule has 0 fully saturated rings. The van der Waals surface area contributed by atoms with E-state index in [-0.39, 0.29) is 71.4 Å². The predicted molar refractivity (Wildman–Crippen MR) is 265 cm³/mol. The van der Waals surface area contributed by atoms with E-state index in [2.05, 4.69) is 27.0 Å². The van der Waals surface area contributed by atoms with E-state index in [0.29, 0.717) is 172 Å². The summed E-state index contributed by atoms with van der Waals surface area (Å²) < 4.78 is 85.8. The van der Waals surface area contributed by atoms with Crippen LogP contribution in [0.3, 0.4) is 0 Å². The van der Waals surface area contributed by atoms with Crippen LogP contribution in [0.15, 0.2) is 0 Å². The number of ether oxygens (including phenoxy) is 16. The number of nitrogens with zero attached hydrogens (tertiary/aromatic N) is 2. The van der Waals surface area contributed by atoms with Crippen molar-refractivity contribution >= 4 is 23.6 Å². The van der Waals surface area contributed by atoms with Crippen LogP contribution in [0.2, 0.25) is 0 Å². The van der Waals surface area contributed by atoms with Crippen LogP contribution < -0.4 is 27.0 Å². The molecule has 0 aliphatic heterocycles. The Balaban J connectivity index is 5.30. The normalized spacial score (nSPS) is 11.8. The summed E-state index contributed by atoms with van der Waals surface area (Å²) in [5.74, 6) is -1.75. The minimum Gasteiger partial charge on any atom is -0.382 e. The highest BCUT2D eigenvalue weighted by Crippen LogP contribution is 2.07. The van der Waals surface area contributed by atoms with E-state index in [1.54, 1.807) is 35.5 Å². The monoisotopic (exact) mass is 1060 g/mol. The second kappa shape index (κ2) is 56.8. The van der Waals surface area contributed by atoms with Gasteiger partial charge in [0.05, 0.1) is 191 Å². The lowest BCUT2D eigenvalue weighted by Gasteiger charge is -2.28. The van der Waals surface area contributed by atoms with Crippen LogP contribution in [-0.2, 0) is 95.0 Å². The van der Waals surface area contributed by atoms with Gasteiger partial charge in [-0.25, -0.2) is 10.9 Å². The first-order valence-electron chi connectivity index (χ1n) is 25.0. The average Bonchev–Trinajstić information content (AvgIpc) is 3.39. The number of rotatable bonds is 59. The minimum atomic E-state index is -0.859. The molecule has 0 saturated carbocycles. The Morgan fingerprint density at radius 1 is 0.370 bits per heavy atom. The zero-order valence-electron chi connectivity index (χ0n) is 44.6. The number of nitrogens with one attached hydrogen (secondary N) is 5. The molecular weight excluding hydrogens is 971 g/mol. The van der Waals surface area contributed by atoms with Gasteiger partial charge in [0.1, 0.15) is 13.1 Å². The zero-order valence-corrected chi connectivity index (χ0v) is 44.6. The quantitative estimate of drug-likeness (QED) is 0.0301. The fraction of sp³-hybridized carbons (Fsp3) is 0.913. The summed E-state index contributed by atoms with van der Waals surface area (Å²) in [6.07, 6.45) is -0.0376. The first-order chi connectivity index (χ1) is 35.8. The van der Waals surface area contributed by atoms with Crippen LogP contribution in [0.4, 0.5) is 0 Å². The summed E-state index contributed by atoms with van der Waals surface area (Å²) >= 11 is 0. The van der Waals surface area contributed by atoms with Crippen molar-refractivity contribution in [3.05, 3.63) is 0 Å². The van der Waals surface area contributed by atoms with Gasteiger partial charge in [-0.2, -0.15) is 0 Å². The number of amides is 4. The summed E-state index contributed by atoms with van der Waals surface area (Å²) in [7, 11) is 8.01. The third-order valence-corrected chi connectivity index (χ3v) is 9.54. The molecule has 0 spiro atoms. The van der Waals surface area contributed by atoms with Crippen molar-refractivity contribution in [2.24, 2.45) is 0 Å². The second-order valence-corrected chi connectivity index (χ2v) is 15.2. The Labute approximate surface area is 433 Å². The highest BCUT2D eigenvalue weighted by molar-refractivity contribution is 5.88. The number of hydrazine groups is 2. The van der Waals surface area contributed by atoms with Crippen LogP contribution in [0.25, 0.3) is 0 Å². The molecule has 1 atom stereocenters. The van der Waals surface area contributed by atoms with Gasteiger partial charge in [-0.3, -0.25) is 30.0 Å². The molecule has 0 aromatic rings. The van der Waals surface area contributed by atoms with Crippen molar-refractivity contribution in [1.29, 1.82) is 0 Å². The van der Waals surface area contributed by atoms with Gasteiger partial charge in [0.15, 0.2) is 0 Å². The molecule has 0 unspecified atom stereocenters. The maximum atomic E-state index is 14.0. The fourth-order valence-electron chi connectivity index (χ4n) is 5.68. The summed E-state index contributed by atoms with van der Waals surface area (Å²) in [5, 5.41) is 2.99. The van der Waals surface area contributed by atoms with Crippen LogP contribution in [-0.4, -0.2) is 299 Å². The van der Waals surface area contributed by atoms with Gasteiger partial charge in [-0.15, -0.1) is 0 Å². The van der Waals surface area contributed by atoms with Gasteiger partial charge < -0.3 is 90.9 Å². The third kappa shape index (κ3) is 48.5. The molecule has 0 radical (unpaired) electrons. The van der Waals surface area contributed by atoms with Gasteiger partial charge in [-0.1, -0.05) is 0 Å². The molecule has 27 heteroatoms. The summed E-state index contributed by atoms with van der Waals surface area (Å²) in [5.41, 5.74) is 10.8. The largest absolute Gasteiger partial charge is 0.382 e. The molecule has 0 rings (SSSR count). The molecule has 4 amide bonds. The van der Waals surface area contributed by atoms with E-state index in [0.717, 1.165) is 0 Å². The molecular formula is C46H93N7O20. The average molecular weight is 1060 g/mol. The van der Waals surface area contributed by atoms with Crippen molar-refractivity contribution in [2.45, 2.75) is 18.9 Å². The van der Waals surface area contributed by atoms with Crippen LogP contribution in [0.1, 0.15) is 12.8 Å². The topological polar surface area (TPSA) is 283 Å². The summed E-state index contributed by atoms with van der Waals surface area (Å²) in [6.45, 7) is 11.0. The molecule has 0 bridgehead atoms. The van der Waals surface area contributed by atoms with E-state index in [9.17, 15) is 19.2 Å². The molecule has 0 aliphatic carbocycles. The van der Waals surface area contributed by atoms with Crippen molar-refractivity contribution < 1.29 is 95.0 Å². The maximum Gasteiger partial charge on any atom is 0.253 e. The second-order valence-electron chi connectivity index (χ2n) is 15.2. The molecule has 27 nitrogen and oxygen atoms in total. The fourth-order valence-corrected chi connectivity index (χ4v) is 5.68. The molecule has 0 aromatic heterocycles. The highest BCUT2D eigenvalue weighted by Gasteiger charge is 2.27. The number of carbonyl (C=O) groups is 4. The number of carbonyl (C=O) groups excluding carboxylic acids is 4. The Morgan fingerprint density at radius 3 is 0.959 bits per heavy atom. The standard InChI is InChI=1S/C46H93N7O20/c1-47-42(46(57)53(11-15-65-27-31-73-39-35-69-23-19-61-5)41-44(55)51-49-9-13-63-25-29-71-37-33-67-21-17-59-3)6-7-45(56)52(10-14-64-26-30-72-38-34-68-22-18-60-4)40-43(54)50-48-8-12-62-24-28-70-36-32-66-20-16-58-2/h42,47-49H,6-41H2,1-5H3,(H,50,54)(H,51,55)/t42-/m0/s1. The molecule has 0 saturated heterocycles. The molecule has 5 N–H and O–H groups in total. The number of hydrogen-bond donors (Lipinski definition) is 5. The van der Waals surface area contributed by atoms with E-state index in [1.165, 1.54) is 9.80 Å². The number of methoxy groups -OCH3 is 4. The Hall–Kier alpha value is -2.88. The van der Waals surface area contributed by atoms with Crippen LogP contribution in [0.5, 0.6) is 0 Å². The molecule has 0 heterocycles. The Kier molecular flexibility index (Phi) is 54.6. The minimum absolute atomic E-state index is 0.0625. The van der Waals surface area contributed by atoms with Crippen LogP contribution in [0, 0.1) is 0 Å². The van der Waals surface area contributed by atoms with Crippen molar-refractivity contribution in [2.75, 3.05) is 260 Å². The van der Waals surface area contributed by atoms with Gasteiger partial charge in [0.2, 0.25) is 11.8 Å². The Morgan fingerprint density at radius 2 is 0.644 bits per heavy atom. The first-order valence-corrected chi connectivity index (χ1v) is 25.0. The highest BCUT2D eigenvalue weighted by atomic mass is 16.6. The molecule has 0 aliphatic rings. The Bertz CT molecular complexity index is 1240. The lowest BCUT2D eigenvalue weighted by Crippen LogP contribution is -2.52. The number of hydrogen-bond acceptors (Lipinski definition) is 23. The van der Waals surface area contributed by atoms with E-state index in [4.69, 9.17) is 75.8 Å². The summed E-state index contributed by atoms with van der Waals surface area (Å²) in [6, 6.07) is -0.859. The molecule has 73 heavy (non-hydrogen) atoms. The van der Waals surface area contributed by atoms with Gasteiger partial charge in [0.25, 0.3) is 11.8 Å².